The van der Waals surface area contributed by atoms with E-state index in [9.17, 15) is 4.79 Å². The second-order valence-corrected chi connectivity index (χ2v) is 7.62. The van der Waals surface area contributed by atoms with Crippen molar-refractivity contribution in [2.45, 2.75) is 50.8 Å². The van der Waals surface area contributed by atoms with E-state index in [1.54, 1.807) is 0 Å². The molecule has 2 aliphatic rings. The first-order valence-corrected chi connectivity index (χ1v) is 10.2. The van der Waals surface area contributed by atoms with Gasteiger partial charge >= 0.3 is 5.97 Å². The smallest absolute Gasteiger partial charge is 0.310 e. The lowest BCUT2D eigenvalue weighted by molar-refractivity contribution is -0.152. The normalized spacial score (nSPS) is 23.4. The minimum atomic E-state index is -0.170. The number of aromatic nitrogens is 3. The number of carbonyl (C=O) groups is 1. The number of benzene rings is 1. The summed E-state index contributed by atoms with van der Waals surface area (Å²) in [6.45, 7) is 4.19. The molecule has 1 aliphatic carbocycles. The third-order valence-electron chi connectivity index (χ3n) is 5.53. The van der Waals surface area contributed by atoms with Crippen molar-refractivity contribution in [2.24, 2.45) is 0 Å². The van der Waals surface area contributed by atoms with E-state index in [0.717, 1.165) is 69.8 Å². The molecule has 1 saturated heterocycles. The van der Waals surface area contributed by atoms with Gasteiger partial charge in [0.1, 0.15) is 6.10 Å². The van der Waals surface area contributed by atoms with Gasteiger partial charge in [-0.25, -0.2) is 4.68 Å². The quantitative estimate of drug-likeness (QED) is 0.713. The highest BCUT2D eigenvalue weighted by atomic mass is 16.5. The van der Waals surface area contributed by atoms with Crippen molar-refractivity contribution in [3.05, 3.63) is 47.8 Å². The topological polar surface area (TPSA) is 69.5 Å². The molecule has 1 aromatic heterocycles. The van der Waals surface area contributed by atoms with Gasteiger partial charge in [0, 0.05) is 19.6 Å². The van der Waals surface area contributed by atoms with Crippen LogP contribution in [0, 0.1) is 0 Å². The van der Waals surface area contributed by atoms with Crippen LogP contribution >= 0.6 is 0 Å². The molecule has 2 unspecified atom stereocenters. The number of nitrogens with zero attached hydrogens (tertiary/aromatic N) is 4. The van der Waals surface area contributed by atoms with Crippen LogP contribution in [-0.2, 0) is 27.2 Å². The van der Waals surface area contributed by atoms with Gasteiger partial charge in [0.05, 0.1) is 37.6 Å². The molecular formula is C21H28N4O3. The van der Waals surface area contributed by atoms with Gasteiger partial charge in [-0.05, 0) is 24.8 Å². The standard InChI is InChI=1S/C21H28N4O3/c26-21(14-17-6-2-1-3-7-17)28-20-9-5-4-8-19(20)25-16-18(22-23-25)15-24-10-12-27-13-11-24/h1-3,6-7,16,19-20H,4-5,8-15H2. The first-order chi connectivity index (χ1) is 13.8. The third kappa shape index (κ3) is 4.97. The maximum atomic E-state index is 12.4. The maximum absolute atomic E-state index is 12.4. The van der Waals surface area contributed by atoms with Crippen LogP contribution in [0.5, 0.6) is 0 Å². The number of carbonyl (C=O) groups excluding carboxylic acids is 1. The van der Waals surface area contributed by atoms with E-state index in [1.807, 2.05) is 41.2 Å². The SMILES string of the molecule is O=C(Cc1ccccc1)OC1CCCCC1n1cc(CN2CCOCC2)nn1. The molecule has 7 heteroatoms. The number of ether oxygens (including phenoxy) is 2. The first kappa shape index (κ1) is 19.1. The van der Waals surface area contributed by atoms with Gasteiger partial charge in [-0.3, -0.25) is 9.69 Å². The largest absolute Gasteiger partial charge is 0.460 e. The molecule has 1 saturated carbocycles. The fourth-order valence-electron chi connectivity index (χ4n) is 4.03. The Bertz CT molecular complexity index is 758. The van der Waals surface area contributed by atoms with Crippen molar-refractivity contribution >= 4 is 5.97 Å². The van der Waals surface area contributed by atoms with Gasteiger partial charge in [-0.2, -0.15) is 0 Å². The summed E-state index contributed by atoms with van der Waals surface area (Å²) in [5.74, 6) is -0.170. The minimum Gasteiger partial charge on any atom is -0.460 e. The minimum absolute atomic E-state index is 0.0689. The highest BCUT2D eigenvalue weighted by Crippen LogP contribution is 2.31. The Morgan fingerprint density at radius 1 is 1.14 bits per heavy atom. The Balaban J connectivity index is 1.37. The van der Waals surface area contributed by atoms with Crippen molar-refractivity contribution in [3.8, 4) is 0 Å². The average Bonchev–Trinajstić information content (AvgIpc) is 3.18. The molecular weight excluding hydrogens is 356 g/mol. The van der Waals surface area contributed by atoms with Crippen LogP contribution in [0.15, 0.2) is 36.5 Å². The van der Waals surface area contributed by atoms with Crippen LogP contribution < -0.4 is 0 Å². The van der Waals surface area contributed by atoms with Crippen LogP contribution in [0.3, 0.4) is 0 Å². The fourth-order valence-corrected chi connectivity index (χ4v) is 4.03. The number of rotatable bonds is 6. The van der Waals surface area contributed by atoms with Gasteiger partial charge in [0.2, 0.25) is 0 Å². The van der Waals surface area contributed by atoms with Crippen molar-refractivity contribution in [1.82, 2.24) is 19.9 Å². The van der Waals surface area contributed by atoms with Crippen molar-refractivity contribution in [2.75, 3.05) is 26.3 Å². The Morgan fingerprint density at radius 2 is 1.93 bits per heavy atom. The number of hydrogen-bond donors (Lipinski definition) is 0. The molecule has 0 spiro atoms. The molecule has 2 atom stereocenters. The predicted molar refractivity (Wildman–Crippen MR) is 104 cm³/mol. The van der Waals surface area contributed by atoms with Crippen LogP contribution in [-0.4, -0.2) is 58.3 Å². The molecule has 28 heavy (non-hydrogen) atoms. The second-order valence-electron chi connectivity index (χ2n) is 7.62. The lowest BCUT2D eigenvalue weighted by Crippen LogP contribution is -2.35. The summed E-state index contributed by atoms with van der Waals surface area (Å²) in [7, 11) is 0. The van der Waals surface area contributed by atoms with E-state index < -0.39 is 0 Å². The van der Waals surface area contributed by atoms with Crippen LogP contribution in [0.4, 0.5) is 0 Å². The van der Waals surface area contributed by atoms with Gasteiger partial charge in [0.15, 0.2) is 0 Å². The Labute approximate surface area is 165 Å². The van der Waals surface area contributed by atoms with Crippen molar-refractivity contribution in [3.63, 3.8) is 0 Å². The summed E-state index contributed by atoms with van der Waals surface area (Å²) in [6, 6.07) is 9.81. The molecule has 0 radical (unpaired) electrons. The summed E-state index contributed by atoms with van der Waals surface area (Å²) in [5, 5.41) is 8.72. The lowest BCUT2D eigenvalue weighted by atomic mass is 9.92. The van der Waals surface area contributed by atoms with Gasteiger partial charge in [-0.1, -0.05) is 42.0 Å². The van der Waals surface area contributed by atoms with Crippen LogP contribution in [0.1, 0.15) is 43.0 Å². The van der Waals surface area contributed by atoms with E-state index >= 15 is 0 Å². The van der Waals surface area contributed by atoms with Crippen molar-refractivity contribution < 1.29 is 14.3 Å². The summed E-state index contributed by atoms with van der Waals surface area (Å²) in [5.41, 5.74) is 1.94. The molecule has 2 heterocycles. The van der Waals surface area contributed by atoms with E-state index in [-0.39, 0.29) is 18.1 Å². The van der Waals surface area contributed by atoms with E-state index in [0.29, 0.717) is 6.42 Å². The number of morpholine rings is 1. The predicted octanol–water partition coefficient (Wildman–Crippen LogP) is 2.38. The zero-order valence-electron chi connectivity index (χ0n) is 16.2. The molecule has 0 N–H and O–H groups in total. The molecule has 7 nitrogen and oxygen atoms in total. The Kier molecular flexibility index (Phi) is 6.34. The Hall–Kier alpha value is -2.25. The maximum Gasteiger partial charge on any atom is 0.310 e. The average molecular weight is 384 g/mol. The number of hydrogen-bond acceptors (Lipinski definition) is 6. The van der Waals surface area contributed by atoms with Gasteiger partial charge in [-0.15, -0.1) is 5.10 Å². The highest BCUT2D eigenvalue weighted by Gasteiger charge is 2.31. The molecule has 1 aromatic carbocycles. The van der Waals surface area contributed by atoms with Gasteiger partial charge < -0.3 is 9.47 Å². The summed E-state index contributed by atoms with van der Waals surface area (Å²) < 4.78 is 13.2. The monoisotopic (exact) mass is 384 g/mol. The molecule has 1 aliphatic heterocycles. The molecule has 0 bridgehead atoms. The first-order valence-electron chi connectivity index (χ1n) is 10.2. The van der Waals surface area contributed by atoms with Crippen molar-refractivity contribution in [1.29, 1.82) is 0 Å². The second kappa shape index (κ2) is 9.30. The van der Waals surface area contributed by atoms with Crippen LogP contribution in [0.2, 0.25) is 0 Å². The van der Waals surface area contributed by atoms with Gasteiger partial charge in [0.25, 0.3) is 0 Å². The molecule has 2 aromatic rings. The fraction of sp³-hybridized carbons (Fsp3) is 0.571. The summed E-state index contributed by atoms with van der Waals surface area (Å²) in [4.78, 5) is 14.8. The highest BCUT2D eigenvalue weighted by molar-refractivity contribution is 5.72. The molecule has 0 amide bonds. The molecule has 150 valence electrons. The molecule has 2 fully saturated rings. The summed E-state index contributed by atoms with van der Waals surface area (Å²) in [6.07, 6.45) is 6.23. The zero-order chi connectivity index (χ0) is 19.2. The van der Waals surface area contributed by atoms with E-state index in [1.165, 1.54) is 0 Å². The Morgan fingerprint density at radius 3 is 2.75 bits per heavy atom. The van der Waals surface area contributed by atoms with Crippen LogP contribution in [0.25, 0.3) is 0 Å². The van der Waals surface area contributed by atoms with E-state index in [2.05, 4.69) is 15.2 Å². The number of esters is 1. The summed E-state index contributed by atoms with van der Waals surface area (Å²) >= 11 is 0. The lowest BCUT2D eigenvalue weighted by Gasteiger charge is -2.31. The molecule has 4 rings (SSSR count). The van der Waals surface area contributed by atoms with E-state index in [4.69, 9.17) is 9.47 Å². The zero-order valence-corrected chi connectivity index (χ0v) is 16.2. The third-order valence-corrected chi connectivity index (χ3v) is 5.53.